The molecule has 0 spiro atoms. The van der Waals surface area contributed by atoms with Gasteiger partial charge < -0.3 is 4.55 Å². The summed E-state index contributed by atoms with van der Waals surface area (Å²) in [5.41, 5.74) is 0. The predicted octanol–water partition coefficient (Wildman–Crippen LogP) is 4.57. The molecule has 0 aromatic carbocycles. The van der Waals surface area contributed by atoms with Gasteiger partial charge in [0.05, 0.1) is 12.3 Å². The van der Waals surface area contributed by atoms with Gasteiger partial charge in [0.1, 0.15) is 11.5 Å². The summed E-state index contributed by atoms with van der Waals surface area (Å²) in [6.45, 7) is 3.69. The Balaban J connectivity index is 3.29. The molecule has 0 heterocycles. The molecule has 0 aliphatic heterocycles. The topological polar surface area (TPSA) is 23.1 Å². The lowest BCUT2D eigenvalue weighted by Gasteiger charge is -2.11. The van der Waals surface area contributed by atoms with Crippen LogP contribution in [0.4, 0.5) is 8.78 Å². The van der Waals surface area contributed by atoms with E-state index in [4.69, 9.17) is 0 Å². The Morgan fingerprint density at radius 2 is 1.22 bits per heavy atom. The maximum Gasteiger partial charge on any atom is 0.105 e. The number of alkyl halides is 2. The van der Waals surface area contributed by atoms with E-state index in [0.717, 1.165) is 25.7 Å². The first-order valence-corrected chi connectivity index (χ1v) is 8.72. The van der Waals surface area contributed by atoms with E-state index < -0.39 is 23.5 Å². The average molecular weight is 282 g/mol. The van der Waals surface area contributed by atoms with Crippen molar-refractivity contribution < 1.29 is 13.3 Å². The van der Waals surface area contributed by atoms with Crippen LogP contribution < -0.4 is 0 Å². The zero-order valence-electron chi connectivity index (χ0n) is 11.8. The van der Waals surface area contributed by atoms with E-state index in [2.05, 4.69) is 0 Å². The molecule has 0 amide bonds. The van der Waals surface area contributed by atoms with Crippen LogP contribution in [-0.4, -0.2) is 28.4 Å². The fourth-order valence-electron chi connectivity index (χ4n) is 1.77. The van der Waals surface area contributed by atoms with Crippen molar-refractivity contribution in [1.82, 2.24) is 0 Å². The predicted molar refractivity (Wildman–Crippen MR) is 76.0 cm³/mol. The van der Waals surface area contributed by atoms with Gasteiger partial charge in [0, 0.05) is 0 Å². The van der Waals surface area contributed by atoms with E-state index in [1.807, 2.05) is 13.8 Å². The minimum atomic E-state index is -0.798. The number of halogens is 2. The zero-order valence-corrected chi connectivity index (χ0v) is 12.6. The molecule has 0 rings (SSSR count). The smallest absolute Gasteiger partial charge is 0.105 e. The van der Waals surface area contributed by atoms with Crippen LogP contribution in [0, 0.1) is 0 Å². The quantitative estimate of drug-likeness (QED) is 0.380. The molecule has 0 aliphatic carbocycles. The van der Waals surface area contributed by atoms with Crippen LogP contribution in [0.5, 0.6) is 0 Å². The second-order valence-corrected chi connectivity index (χ2v) is 6.55. The second kappa shape index (κ2) is 12.2. The molecule has 2 unspecified atom stereocenters. The maximum atomic E-state index is 12.9. The molecule has 0 saturated heterocycles. The van der Waals surface area contributed by atoms with E-state index in [0.29, 0.717) is 37.2 Å². The second-order valence-electron chi connectivity index (χ2n) is 4.85. The highest BCUT2D eigenvalue weighted by Crippen LogP contribution is 2.12. The Bertz CT molecular complexity index is 163. The molecule has 110 valence electrons. The largest absolute Gasteiger partial charge is 0.616 e. The average Bonchev–Trinajstić information content (AvgIpc) is 2.38. The van der Waals surface area contributed by atoms with Gasteiger partial charge in [-0.1, -0.05) is 25.0 Å². The molecule has 4 heteroatoms. The molecule has 0 bridgehead atoms. The fraction of sp³-hybridized carbons (Fsp3) is 1.00. The summed E-state index contributed by atoms with van der Waals surface area (Å²) in [5.74, 6) is 1.34. The van der Waals surface area contributed by atoms with Crippen LogP contribution in [-0.2, 0) is 11.2 Å². The van der Waals surface area contributed by atoms with Crippen molar-refractivity contribution in [3.05, 3.63) is 0 Å². The van der Waals surface area contributed by atoms with Crippen molar-refractivity contribution in [2.24, 2.45) is 0 Å². The van der Waals surface area contributed by atoms with Crippen LogP contribution in [0.2, 0.25) is 0 Å². The molecule has 2 atom stereocenters. The van der Waals surface area contributed by atoms with Gasteiger partial charge >= 0.3 is 0 Å². The van der Waals surface area contributed by atoms with Crippen molar-refractivity contribution in [1.29, 1.82) is 0 Å². The van der Waals surface area contributed by atoms with Gasteiger partial charge in [-0.15, -0.1) is 0 Å². The molecule has 0 aromatic rings. The van der Waals surface area contributed by atoms with Crippen LogP contribution in [0.15, 0.2) is 0 Å². The summed E-state index contributed by atoms with van der Waals surface area (Å²) in [6.07, 6.45) is 4.26. The Kier molecular flexibility index (Phi) is 12.3. The molecule has 1 nitrogen and oxygen atoms in total. The number of rotatable bonds is 12. The fourth-order valence-corrected chi connectivity index (χ4v) is 3.02. The summed E-state index contributed by atoms with van der Waals surface area (Å²) >= 11 is -0.798. The van der Waals surface area contributed by atoms with Crippen molar-refractivity contribution in [3.8, 4) is 0 Å². The number of unbranched alkanes of at least 4 members (excludes halogenated alkanes) is 2. The highest BCUT2D eigenvalue weighted by molar-refractivity contribution is 7.91. The molecule has 0 aliphatic rings. The van der Waals surface area contributed by atoms with E-state index >= 15 is 0 Å². The SMILES string of the molecule is CCC(F)CCCC[S+]([O-])CCCCC(F)CC. The summed E-state index contributed by atoms with van der Waals surface area (Å²) in [6, 6.07) is 0. The van der Waals surface area contributed by atoms with Crippen LogP contribution in [0.3, 0.4) is 0 Å². The normalized spacial score (nSPS) is 16.5. The zero-order chi connectivity index (χ0) is 13.8. The van der Waals surface area contributed by atoms with Crippen molar-refractivity contribution in [3.63, 3.8) is 0 Å². The summed E-state index contributed by atoms with van der Waals surface area (Å²) < 4.78 is 37.4. The highest BCUT2D eigenvalue weighted by Gasteiger charge is 2.09. The van der Waals surface area contributed by atoms with Gasteiger partial charge in [0.2, 0.25) is 0 Å². The van der Waals surface area contributed by atoms with E-state index in [1.54, 1.807) is 0 Å². The Hall–Kier alpha value is 0.170. The van der Waals surface area contributed by atoms with Crippen molar-refractivity contribution in [2.75, 3.05) is 11.5 Å². The van der Waals surface area contributed by atoms with Gasteiger partial charge in [-0.25, -0.2) is 8.78 Å². The summed E-state index contributed by atoms with van der Waals surface area (Å²) in [5, 5.41) is 0. The van der Waals surface area contributed by atoms with Crippen molar-refractivity contribution in [2.45, 2.75) is 77.6 Å². The third kappa shape index (κ3) is 11.3. The molecule has 0 aromatic heterocycles. The maximum absolute atomic E-state index is 12.9. The molecule has 18 heavy (non-hydrogen) atoms. The number of hydrogen-bond acceptors (Lipinski definition) is 1. The van der Waals surface area contributed by atoms with Gasteiger partial charge in [-0.2, -0.15) is 0 Å². The Morgan fingerprint density at radius 1 is 0.833 bits per heavy atom. The van der Waals surface area contributed by atoms with E-state index in [9.17, 15) is 13.3 Å². The van der Waals surface area contributed by atoms with Gasteiger partial charge in [-0.05, 0) is 51.4 Å². The Labute approximate surface area is 114 Å². The van der Waals surface area contributed by atoms with Crippen LogP contribution >= 0.6 is 0 Å². The van der Waals surface area contributed by atoms with E-state index in [1.165, 1.54) is 0 Å². The number of hydrogen-bond donors (Lipinski definition) is 0. The minimum Gasteiger partial charge on any atom is -0.616 e. The molecule has 0 saturated carbocycles. The lowest BCUT2D eigenvalue weighted by Crippen LogP contribution is -2.12. The molecule has 0 fully saturated rings. The summed E-state index contributed by atoms with van der Waals surface area (Å²) in [4.78, 5) is 0. The lowest BCUT2D eigenvalue weighted by molar-refractivity contribution is 0.299. The highest BCUT2D eigenvalue weighted by atomic mass is 32.2. The lowest BCUT2D eigenvalue weighted by atomic mass is 10.1. The third-order valence-corrected chi connectivity index (χ3v) is 4.65. The van der Waals surface area contributed by atoms with Crippen molar-refractivity contribution >= 4 is 11.2 Å². The third-order valence-electron chi connectivity index (χ3n) is 3.16. The monoisotopic (exact) mass is 282 g/mol. The standard InChI is InChI=1S/C14H28F2OS/c1-3-13(15)9-5-7-11-18(17)12-8-6-10-14(16)4-2/h13-14H,3-12H2,1-2H3. The van der Waals surface area contributed by atoms with Gasteiger partial charge in [0.25, 0.3) is 0 Å². The van der Waals surface area contributed by atoms with Gasteiger partial charge in [0.15, 0.2) is 0 Å². The first kappa shape index (κ1) is 18.2. The Morgan fingerprint density at radius 3 is 1.56 bits per heavy atom. The molecular formula is C14H28F2OS. The van der Waals surface area contributed by atoms with E-state index in [-0.39, 0.29) is 0 Å². The molecule has 0 radical (unpaired) electrons. The first-order valence-electron chi connectivity index (χ1n) is 7.23. The molecular weight excluding hydrogens is 254 g/mol. The van der Waals surface area contributed by atoms with Crippen LogP contribution in [0.25, 0.3) is 0 Å². The molecule has 0 N–H and O–H groups in total. The first-order chi connectivity index (χ1) is 8.60. The minimum absolute atomic E-state index is 0.574. The summed E-state index contributed by atoms with van der Waals surface area (Å²) in [7, 11) is 0. The van der Waals surface area contributed by atoms with Crippen LogP contribution in [0.1, 0.15) is 65.2 Å². The van der Waals surface area contributed by atoms with Gasteiger partial charge in [-0.3, -0.25) is 0 Å².